The molecule has 0 N–H and O–H groups in total. The topological polar surface area (TPSA) is 44.9 Å². The summed E-state index contributed by atoms with van der Waals surface area (Å²) in [4.78, 5) is 4.82. The summed E-state index contributed by atoms with van der Waals surface area (Å²) in [5.74, 6) is 2.12. The molecule has 3 aromatic heterocycles. The number of para-hydroxylation sites is 1. The van der Waals surface area contributed by atoms with Gasteiger partial charge in [-0.05, 0) is 88.0 Å². The molecule has 0 amide bonds. The number of rotatable bonds is 7. The molecular formula is C49H54N4OPt. The average Bonchev–Trinajstić information content (AvgIpc) is 3.59. The molecule has 0 saturated heterocycles. The molecule has 4 aromatic carbocycles. The van der Waals surface area contributed by atoms with Gasteiger partial charge in [0.05, 0.1) is 5.69 Å². The molecule has 0 fully saturated rings. The van der Waals surface area contributed by atoms with Gasteiger partial charge in [-0.2, -0.15) is 11.2 Å². The van der Waals surface area contributed by atoms with Crippen LogP contribution in [-0.4, -0.2) is 19.3 Å². The summed E-state index contributed by atoms with van der Waals surface area (Å²) in [5.41, 5.74) is 12.2. The standard InChI is InChI=1S/C49H54N4O.Pt/c1-13-17-33-24-25-50-44(26-33)52-42-21-15-14-18-38(42)39-23-22-36(30-43(39)52)54-37-28-34(47(4,5)6)27-35(29-37)53-32(3)45(31(2)51-53)46-40(48(7,8)9)19-16-20-41(46)49(10,11)12;/h14-16,18-28H,13,17H2,1-12H3;/q-2;+2. The Labute approximate surface area is 342 Å². The Kier molecular flexibility index (Phi) is 10.9. The monoisotopic (exact) mass is 909 g/mol. The molecule has 3 heterocycles. The van der Waals surface area contributed by atoms with Crippen molar-refractivity contribution in [2.75, 3.05) is 0 Å². The van der Waals surface area contributed by atoms with Gasteiger partial charge in [-0.3, -0.25) is 4.68 Å². The molecule has 286 valence electrons. The molecular weight excluding hydrogens is 856 g/mol. The average molecular weight is 910 g/mol. The van der Waals surface area contributed by atoms with Crippen molar-refractivity contribution in [1.29, 1.82) is 0 Å². The Morgan fingerprint density at radius 1 is 0.691 bits per heavy atom. The molecule has 6 heteroatoms. The minimum absolute atomic E-state index is 0. The van der Waals surface area contributed by atoms with E-state index in [4.69, 9.17) is 14.8 Å². The van der Waals surface area contributed by atoms with Crippen molar-refractivity contribution in [2.24, 2.45) is 0 Å². The maximum Gasteiger partial charge on any atom is 2.00 e. The van der Waals surface area contributed by atoms with Gasteiger partial charge in [-0.1, -0.05) is 118 Å². The van der Waals surface area contributed by atoms with Gasteiger partial charge in [-0.25, -0.2) is 4.98 Å². The van der Waals surface area contributed by atoms with Crippen LogP contribution in [-0.2, 0) is 43.7 Å². The van der Waals surface area contributed by atoms with Crippen LogP contribution >= 0.6 is 0 Å². The number of hydrogen-bond acceptors (Lipinski definition) is 3. The molecule has 0 atom stereocenters. The summed E-state index contributed by atoms with van der Waals surface area (Å²) in [6.45, 7) is 27.0. The zero-order valence-electron chi connectivity index (χ0n) is 34.5. The van der Waals surface area contributed by atoms with E-state index in [-0.39, 0.29) is 37.3 Å². The Morgan fingerprint density at radius 3 is 2.04 bits per heavy atom. The van der Waals surface area contributed by atoms with Crippen molar-refractivity contribution in [3.8, 4) is 34.1 Å². The number of aryl methyl sites for hydroxylation is 2. The Balaban J connectivity index is 0.00000514. The van der Waals surface area contributed by atoms with Crippen molar-refractivity contribution >= 4 is 21.8 Å². The van der Waals surface area contributed by atoms with Gasteiger partial charge < -0.3 is 9.30 Å². The number of benzene rings is 4. The van der Waals surface area contributed by atoms with E-state index in [2.05, 4.69) is 177 Å². The van der Waals surface area contributed by atoms with Crippen LogP contribution in [0.4, 0.5) is 0 Å². The van der Waals surface area contributed by atoms with E-state index in [0.717, 1.165) is 63.1 Å². The third kappa shape index (κ3) is 7.70. The fourth-order valence-corrected chi connectivity index (χ4v) is 7.76. The molecule has 0 aliphatic carbocycles. The van der Waals surface area contributed by atoms with Crippen molar-refractivity contribution in [3.05, 3.63) is 131 Å². The van der Waals surface area contributed by atoms with E-state index in [0.29, 0.717) is 11.5 Å². The summed E-state index contributed by atoms with van der Waals surface area (Å²) in [5, 5.41) is 7.48. The molecule has 0 unspecified atom stereocenters. The van der Waals surface area contributed by atoms with Crippen LogP contribution in [0.5, 0.6) is 11.5 Å². The van der Waals surface area contributed by atoms with Gasteiger partial charge in [0.2, 0.25) is 0 Å². The van der Waals surface area contributed by atoms with Gasteiger partial charge in [0.15, 0.2) is 0 Å². The number of aromatic nitrogens is 4. The minimum Gasteiger partial charge on any atom is -0.509 e. The number of ether oxygens (including phenoxy) is 1. The summed E-state index contributed by atoms with van der Waals surface area (Å²) in [7, 11) is 0. The summed E-state index contributed by atoms with van der Waals surface area (Å²) in [6, 6.07) is 35.3. The van der Waals surface area contributed by atoms with Crippen LogP contribution in [0.3, 0.4) is 0 Å². The van der Waals surface area contributed by atoms with Crippen LogP contribution in [0.25, 0.3) is 44.4 Å². The second-order valence-corrected chi connectivity index (χ2v) is 17.9. The minimum atomic E-state index is -0.144. The third-order valence-corrected chi connectivity index (χ3v) is 10.5. The molecule has 0 aliphatic rings. The van der Waals surface area contributed by atoms with Gasteiger partial charge in [0.1, 0.15) is 5.82 Å². The predicted octanol–water partition coefficient (Wildman–Crippen LogP) is 12.9. The fraction of sp³-hybridized carbons (Fsp3) is 0.347. The van der Waals surface area contributed by atoms with E-state index in [1.165, 1.54) is 27.8 Å². The van der Waals surface area contributed by atoms with E-state index in [1.54, 1.807) is 0 Å². The van der Waals surface area contributed by atoms with Gasteiger partial charge in [0.25, 0.3) is 0 Å². The number of hydrogen-bond donors (Lipinski definition) is 0. The predicted molar refractivity (Wildman–Crippen MR) is 225 cm³/mol. The van der Waals surface area contributed by atoms with Crippen LogP contribution in [0.2, 0.25) is 0 Å². The van der Waals surface area contributed by atoms with E-state index in [1.807, 2.05) is 12.3 Å². The maximum absolute atomic E-state index is 6.74. The molecule has 55 heavy (non-hydrogen) atoms. The van der Waals surface area contributed by atoms with Gasteiger partial charge >= 0.3 is 21.1 Å². The molecule has 7 aromatic rings. The second-order valence-electron chi connectivity index (χ2n) is 17.9. The Bertz CT molecular complexity index is 2480. The van der Waals surface area contributed by atoms with E-state index in [9.17, 15) is 0 Å². The first kappa shape index (κ1) is 40.2. The molecule has 0 bridgehead atoms. The zero-order valence-corrected chi connectivity index (χ0v) is 36.8. The zero-order chi connectivity index (χ0) is 38.7. The quantitative estimate of drug-likeness (QED) is 0.150. The number of nitrogens with zero attached hydrogens (tertiary/aromatic N) is 4. The Hall–Kier alpha value is -4.47. The van der Waals surface area contributed by atoms with Crippen molar-refractivity contribution in [2.45, 2.75) is 112 Å². The van der Waals surface area contributed by atoms with Crippen molar-refractivity contribution < 1.29 is 25.8 Å². The van der Waals surface area contributed by atoms with Crippen molar-refractivity contribution in [3.63, 3.8) is 0 Å². The van der Waals surface area contributed by atoms with Crippen LogP contribution < -0.4 is 4.74 Å². The van der Waals surface area contributed by atoms with Crippen LogP contribution in [0.15, 0.2) is 85.1 Å². The van der Waals surface area contributed by atoms with Gasteiger partial charge in [0, 0.05) is 34.5 Å². The maximum atomic E-state index is 6.74. The summed E-state index contributed by atoms with van der Waals surface area (Å²) in [6.07, 6.45) is 3.99. The summed E-state index contributed by atoms with van der Waals surface area (Å²) < 4.78 is 11.0. The molecule has 0 spiro atoms. The van der Waals surface area contributed by atoms with Crippen LogP contribution in [0.1, 0.15) is 109 Å². The normalized spacial score (nSPS) is 12.4. The largest absolute Gasteiger partial charge is 2.00 e. The van der Waals surface area contributed by atoms with E-state index < -0.39 is 0 Å². The van der Waals surface area contributed by atoms with Crippen LogP contribution in [0, 0.1) is 26.0 Å². The van der Waals surface area contributed by atoms with Gasteiger partial charge in [-0.15, -0.1) is 41.3 Å². The second kappa shape index (κ2) is 14.9. The molecule has 5 nitrogen and oxygen atoms in total. The Morgan fingerprint density at radius 2 is 1.38 bits per heavy atom. The first-order chi connectivity index (χ1) is 25.5. The molecule has 0 aliphatic heterocycles. The van der Waals surface area contributed by atoms with E-state index >= 15 is 0 Å². The first-order valence-corrected chi connectivity index (χ1v) is 19.3. The SMILES string of the molecule is CCCc1ccnc(-n2c3[c-]c(Oc4[c-]c(-n5nc(C)c(-c6c(C(C)(C)C)cccc6C(C)(C)C)c5C)cc(C(C)(C)C)c4)ccc3c3ccccc32)c1.[Pt+2]. The number of fused-ring (bicyclic) bond motifs is 3. The third-order valence-electron chi connectivity index (χ3n) is 10.5. The molecule has 0 radical (unpaired) electrons. The first-order valence-electron chi connectivity index (χ1n) is 19.3. The smallest absolute Gasteiger partial charge is 0.509 e. The molecule has 0 saturated carbocycles. The fourth-order valence-electron chi connectivity index (χ4n) is 7.76. The molecule has 7 rings (SSSR count). The van der Waals surface area contributed by atoms with Crippen molar-refractivity contribution in [1.82, 2.24) is 19.3 Å². The number of pyridine rings is 1. The summed E-state index contributed by atoms with van der Waals surface area (Å²) >= 11 is 0.